The van der Waals surface area contributed by atoms with E-state index in [0.29, 0.717) is 46.7 Å². The fourth-order valence-electron chi connectivity index (χ4n) is 3.45. The average Bonchev–Trinajstić information content (AvgIpc) is 3.49. The minimum atomic E-state index is -3.78. The molecule has 4 aromatic rings. The molecule has 9 heteroatoms. The van der Waals surface area contributed by atoms with Gasteiger partial charge < -0.3 is 13.9 Å². The van der Waals surface area contributed by atoms with Crippen molar-refractivity contribution in [2.75, 3.05) is 18.0 Å². The Morgan fingerprint density at radius 3 is 2.47 bits per heavy atom. The monoisotopic (exact) mass is 498 g/mol. The Kier molecular flexibility index (Phi) is 6.95. The number of thiophene rings is 1. The van der Waals surface area contributed by atoms with Gasteiger partial charge in [0.25, 0.3) is 10.0 Å². The highest BCUT2D eigenvalue weighted by Crippen LogP contribution is 2.34. The fourth-order valence-corrected chi connectivity index (χ4v) is 5.99. The summed E-state index contributed by atoms with van der Waals surface area (Å²) in [6.45, 7) is 6.20. The van der Waals surface area contributed by atoms with Crippen LogP contribution in [0, 0.1) is 13.8 Å². The van der Waals surface area contributed by atoms with Crippen LogP contribution in [0.1, 0.15) is 23.9 Å². The normalized spacial score (nSPS) is 11.4. The van der Waals surface area contributed by atoms with Crippen LogP contribution in [0.15, 0.2) is 68.6 Å². The number of benzene rings is 2. The lowest BCUT2D eigenvalue weighted by atomic mass is 10.2. The second kappa shape index (κ2) is 9.90. The molecule has 2 aromatic heterocycles. The van der Waals surface area contributed by atoms with E-state index in [-0.39, 0.29) is 10.8 Å². The number of ether oxygens (including phenoxy) is 2. The van der Waals surface area contributed by atoms with Crippen LogP contribution in [0.5, 0.6) is 11.5 Å². The van der Waals surface area contributed by atoms with Gasteiger partial charge in [0.2, 0.25) is 5.89 Å². The molecule has 0 aliphatic heterocycles. The zero-order valence-corrected chi connectivity index (χ0v) is 21.1. The minimum absolute atomic E-state index is 0.0345. The van der Waals surface area contributed by atoms with Crippen molar-refractivity contribution in [3.05, 3.63) is 77.0 Å². The molecule has 0 bridgehead atoms. The van der Waals surface area contributed by atoms with E-state index >= 15 is 0 Å². The van der Waals surface area contributed by atoms with Crippen molar-refractivity contribution in [1.29, 1.82) is 0 Å². The van der Waals surface area contributed by atoms with E-state index in [1.54, 1.807) is 55.8 Å². The molecule has 34 heavy (non-hydrogen) atoms. The largest absolute Gasteiger partial charge is 0.493 e. The molecule has 0 N–H and O–H groups in total. The van der Waals surface area contributed by atoms with Crippen molar-refractivity contribution in [3.8, 4) is 23.0 Å². The van der Waals surface area contributed by atoms with E-state index in [4.69, 9.17) is 13.9 Å². The molecule has 0 aliphatic rings. The number of sulfonamides is 1. The van der Waals surface area contributed by atoms with Crippen LogP contribution in [0.3, 0.4) is 0 Å². The first-order valence-corrected chi connectivity index (χ1v) is 13.1. The smallest absolute Gasteiger partial charge is 0.274 e. The molecule has 7 nitrogen and oxygen atoms in total. The van der Waals surface area contributed by atoms with E-state index < -0.39 is 10.0 Å². The number of methoxy groups -OCH3 is 1. The number of aromatic nitrogens is 1. The van der Waals surface area contributed by atoms with Gasteiger partial charge in [-0.15, -0.1) is 11.3 Å². The molecule has 0 fully saturated rings. The quantitative estimate of drug-likeness (QED) is 0.289. The third-order valence-corrected chi connectivity index (χ3v) is 8.40. The molecular weight excluding hydrogens is 472 g/mol. The SMILES string of the molecule is CCOc1ccc(-c2nc(CN(c3ccc(C)cc3)S(=O)(=O)c3cccs3)c(C)o2)cc1OC. The molecule has 0 aliphatic carbocycles. The van der Waals surface area contributed by atoms with Crippen molar-refractivity contribution in [2.24, 2.45) is 0 Å². The maximum absolute atomic E-state index is 13.5. The van der Waals surface area contributed by atoms with E-state index in [0.717, 1.165) is 5.56 Å². The molecule has 2 heterocycles. The van der Waals surface area contributed by atoms with Gasteiger partial charge in [-0.3, -0.25) is 4.31 Å². The summed E-state index contributed by atoms with van der Waals surface area (Å²) in [6, 6.07) is 16.1. The second-order valence-corrected chi connectivity index (χ2v) is 10.6. The molecule has 0 atom stereocenters. The van der Waals surface area contributed by atoms with Crippen molar-refractivity contribution in [3.63, 3.8) is 0 Å². The summed E-state index contributed by atoms with van der Waals surface area (Å²) in [4.78, 5) is 4.64. The summed E-state index contributed by atoms with van der Waals surface area (Å²) in [5.41, 5.74) is 2.84. The number of oxazole rings is 1. The number of anilines is 1. The topological polar surface area (TPSA) is 81.9 Å². The first-order valence-electron chi connectivity index (χ1n) is 10.7. The van der Waals surface area contributed by atoms with Crippen molar-refractivity contribution < 1.29 is 22.3 Å². The van der Waals surface area contributed by atoms with Gasteiger partial charge >= 0.3 is 0 Å². The van der Waals surface area contributed by atoms with Gasteiger partial charge in [-0.25, -0.2) is 13.4 Å². The van der Waals surface area contributed by atoms with Crippen LogP contribution in [0.2, 0.25) is 0 Å². The molecule has 4 rings (SSSR count). The highest BCUT2D eigenvalue weighted by molar-refractivity contribution is 7.94. The highest BCUT2D eigenvalue weighted by atomic mass is 32.2. The van der Waals surface area contributed by atoms with Crippen LogP contribution in [0.4, 0.5) is 5.69 Å². The second-order valence-electron chi connectivity index (χ2n) is 7.60. The van der Waals surface area contributed by atoms with Crippen LogP contribution in [0.25, 0.3) is 11.5 Å². The zero-order valence-electron chi connectivity index (χ0n) is 19.4. The Morgan fingerprint density at radius 1 is 1.06 bits per heavy atom. The van der Waals surface area contributed by atoms with E-state index in [1.807, 2.05) is 32.0 Å². The van der Waals surface area contributed by atoms with E-state index in [1.165, 1.54) is 15.6 Å². The molecule has 178 valence electrons. The summed E-state index contributed by atoms with van der Waals surface area (Å²) in [5, 5.41) is 1.75. The summed E-state index contributed by atoms with van der Waals surface area (Å²) >= 11 is 1.18. The Labute approximate surface area is 203 Å². The van der Waals surface area contributed by atoms with Gasteiger partial charge in [0, 0.05) is 5.56 Å². The molecule has 2 aromatic carbocycles. The highest BCUT2D eigenvalue weighted by Gasteiger charge is 2.28. The predicted octanol–water partition coefficient (Wildman–Crippen LogP) is 5.82. The Bertz CT molecular complexity index is 1360. The third kappa shape index (κ3) is 4.80. The van der Waals surface area contributed by atoms with Crippen LogP contribution < -0.4 is 13.8 Å². The summed E-state index contributed by atoms with van der Waals surface area (Å²) in [6.07, 6.45) is 0. The zero-order chi connectivity index (χ0) is 24.3. The summed E-state index contributed by atoms with van der Waals surface area (Å²) in [7, 11) is -2.21. The molecule has 0 saturated heterocycles. The molecule has 0 spiro atoms. The van der Waals surface area contributed by atoms with Crippen LogP contribution in [-0.2, 0) is 16.6 Å². The van der Waals surface area contributed by atoms with Crippen LogP contribution in [-0.4, -0.2) is 27.1 Å². The fraction of sp³-hybridized carbons (Fsp3) is 0.240. The molecule has 0 radical (unpaired) electrons. The maximum Gasteiger partial charge on any atom is 0.274 e. The van der Waals surface area contributed by atoms with E-state index in [2.05, 4.69) is 4.98 Å². The van der Waals surface area contributed by atoms with Gasteiger partial charge in [-0.2, -0.15) is 0 Å². The Morgan fingerprint density at radius 2 is 1.82 bits per heavy atom. The number of hydrogen-bond donors (Lipinski definition) is 0. The molecular formula is C25H26N2O5S2. The Hall–Kier alpha value is -3.30. The van der Waals surface area contributed by atoms with Gasteiger partial charge in [-0.1, -0.05) is 23.8 Å². The molecule has 0 saturated carbocycles. The lowest BCUT2D eigenvalue weighted by Gasteiger charge is -2.23. The average molecular weight is 499 g/mol. The molecule has 0 unspecified atom stereocenters. The predicted molar refractivity (Wildman–Crippen MR) is 133 cm³/mol. The first kappa shape index (κ1) is 23.8. The number of aryl methyl sites for hydroxylation is 2. The van der Waals surface area contributed by atoms with Crippen molar-refractivity contribution in [1.82, 2.24) is 4.98 Å². The number of hydrogen-bond acceptors (Lipinski definition) is 7. The van der Waals surface area contributed by atoms with Gasteiger partial charge in [0.1, 0.15) is 15.7 Å². The standard InChI is InChI=1S/C25H26N2O5S2/c1-5-31-22-13-10-19(15-23(22)30-4)25-26-21(18(3)32-25)16-27(20-11-8-17(2)9-12-20)34(28,29)24-7-6-14-33-24/h6-15H,5,16H2,1-4H3. The lowest BCUT2D eigenvalue weighted by molar-refractivity contribution is 0.311. The van der Waals surface area contributed by atoms with Crippen molar-refractivity contribution >= 4 is 27.0 Å². The van der Waals surface area contributed by atoms with Crippen LogP contribution >= 0.6 is 11.3 Å². The van der Waals surface area contributed by atoms with E-state index in [9.17, 15) is 8.42 Å². The number of nitrogens with zero attached hydrogens (tertiary/aromatic N) is 2. The third-order valence-electron chi connectivity index (χ3n) is 5.26. The first-order chi connectivity index (χ1) is 16.3. The number of rotatable bonds is 9. The molecule has 0 amide bonds. The minimum Gasteiger partial charge on any atom is -0.493 e. The maximum atomic E-state index is 13.5. The Balaban J connectivity index is 1.71. The summed E-state index contributed by atoms with van der Waals surface area (Å²) < 4.78 is 45.6. The van der Waals surface area contributed by atoms with Gasteiger partial charge in [0.05, 0.1) is 25.9 Å². The summed E-state index contributed by atoms with van der Waals surface area (Å²) in [5.74, 6) is 2.12. The lowest BCUT2D eigenvalue weighted by Crippen LogP contribution is -2.30. The van der Waals surface area contributed by atoms with Gasteiger partial charge in [-0.05, 0) is 62.5 Å². The van der Waals surface area contributed by atoms with Crippen molar-refractivity contribution in [2.45, 2.75) is 31.5 Å². The van der Waals surface area contributed by atoms with Gasteiger partial charge in [0.15, 0.2) is 11.5 Å².